The summed E-state index contributed by atoms with van der Waals surface area (Å²) in [5, 5.41) is 0.598. The van der Waals surface area contributed by atoms with Crippen molar-refractivity contribution in [3.8, 4) is 0 Å². The summed E-state index contributed by atoms with van der Waals surface area (Å²) in [7, 11) is 0. The predicted octanol–water partition coefficient (Wildman–Crippen LogP) is 2.88. The fourth-order valence-corrected chi connectivity index (χ4v) is 1.07. The van der Waals surface area contributed by atoms with Gasteiger partial charge in [0.25, 0.3) is 0 Å². The van der Waals surface area contributed by atoms with Gasteiger partial charge in [-0.1, -0.05) is 25.4 Å². The van der Waals surface area contributed by atoms with E-state index in [1.165, 1.54) is 6.20 Å². The van der Waals surface area contributed by atoms with Gasteiger partial charge in [-0.05, 0) is 18.6 Å². The van der Waals surface area contributed by atoms with Crippen molar-refractivity contribution in [2.24, 2.45) is 5.92 Å². The van der Waals surface area contributed by atoms with Crippen LogP contribution in [0.3, 0.4) is 0 Å². The molecule has 0 atom stereocenters. The summed E-state index contributed by atoms with van der Waals surface area (Å²) in [5.41, 5.74) is 1.39. The van der Waals surface area contributed by atoms with Gasteiger partial charge in [0.2, 0.25) is 0 Å². The van der Waals surface area contributed by atoms with Crippen LogP contribution in [0.4, 0.5) is 0 Å². The molecule has 0 N–H and O–H groups in total. The second-order valence-corrected chi connectivity index (χ2v) is 3.74. The van der Waals surface area contributed by atoms with Gasteiger partial charge >= 0.3 is 0 Å². The van der Waals surface area contributed by atoms with Crippen LogP contribution in [0.25, 0.3) is 0 Å². The number of hydrogen-bond acceptors (Lipinski definition) is 2. The number of Topliss-reactive ketones (excluding diaryl/α,β-unsaturated/α-hetero) is 1. The highest BCUT2D eigenvalue weighted by atomic mass is 35.5. The van der Waals surface area contributed by atoms with Gasteiger partial charge < -0.3 is 0 Å². The monoisotopic (exact) mass is 197 g/mol. The lowest BCUT2D eigenvalue weighted by atomic mass is 10.0. The topological polar surface area (TPSA) is 30.0 Å². The molecular weight excluding hydrogens is 186 g/mol. The predicted molar refractivity (Wildman–Crippen MR) is 53.2 cm³/mol. The fraction of sp³-hybridized carbons (Fsp3) is 0.400. The van der Waals surface area contributed by atoms with Crippen LogP contribution in [-0.4, -0.2) is 10.8 Å². The summed E-state index contributed by atoms with van der Waals surface area (Å²) in [6.45, 7) is 5.57. The Morgan fingerprint density at radius 1 is 1.54 bits per heavy atom. The van der Waals surface area contributed by atoms with E-state index in [1.807, 2.05) is 20.8 Å². The molecule has 1 aromatic heterocycles. The quantitative estimate of drug-likeness (QED) is 0.683. The van der Waals surface area contributed by atoms with Crippen molar-refractivity contribution < 1.29 is 4.79 Å². The van der Waals surface area contributed by atoms with E-state index >= 15 is 0 Å². The minimum atomic E-state index is -0.0203. The first kappa shape index (κ1) is 10.2. The standard InChI is InChI=1S/C10H12ClNO/c1-6(2)10(13)9-4-7(3)8(11)5-12-9/h4-6H,1-3H3. The van der Waals surface area contributed by atoms with Crippen LogP contribution in [0, 0.1) is 12.8 Å². The molecule has 0 aliphatic rings. The molecule has 2 nitrogen and oxygen atoms in total. The highest BCUT2D eigenvalue weighted by Gasteiger charge is 2.12. The van der Waals surface area contributed by atoms with Gasteiger partial charge in [-0.2, -0.15) is 0 Å². The molecule has 3 heteroatoms. The molecule has 0 amide bonds. The third-order valence-electron chi connectivity index (χ3n) is 1.82. The van der Waals surface area contributed by atoms with Crippen molar-refractivity contribution in [3.05, 3.63) is 28.5 Å². The first-order valence-electron chi connectivity index (χ1n) is 4.18. The zero-order valence-electron chi connectivity index (χ0n) is 7.97. The largest absolute Gasteiger partial charge is 0.292 e. The van der Waals surface area contributed by atoms with E-state index in [-0.39, 0.29) is 11.7 Å². The number of rotatable bonds is 2. The molecular formula is C10H12ClNO. The maximum absolute atomic E-state index is 11.5. The zero-order valence-corrected chi connectivity index (χ0v) is 8.72. The van der Waals surface area contributed by atoms with Gasteiger partial charge in [0, 0.05) is 12.1 Å². The Bertz CT molecular complexity index is 334. The summed E-state index contributed by atoms with van der Waals surface area (Å²) in [6.07, 6.45) is 1.52. The number of ketones is 1. The number of nitrogens with zero attached hydrogens (tertiary/aromatic N) is 1. The van der Waals surface area contributed by atoms with Gasteiger partial charge in [-0.15, -0.1) is 0 Å². The number of halogens is 1. The maximum atomic E-state index is 11.5. The lowest BCUT2D eigenvalue weighted by molar-refractivity contribution is 0.0934. The summed E-state index contributed by atoms with van der Waals surface area (Å²) >= 11 is 5.79. The van der Waals surface area contributed by atoms with E-state index in [0.717, 1.165) is 5.56 Å². The lowest BCUT2D eigenvalue weighted by Gasteiger charge is -2.04. The van der Waals surface area contributed by atoms with Crippen LogP contribution in [0.2, 0.25) is 5.02 Å². The first-order valence-corrected chi connectivity index (χ1v) is 4.56. The van der Waals surface area contributed by atoms with Crippen LogP contribution in [-0.2, 0) is 0 Å². The van der Waals surface area contributed by atoms with Crippen LogP contribution in [0.5, 0.6) is 0 Å². The highest BCUT2D eigenvalue weighted by Crippen LogP contribution is 2.15. The van der Waals surface area contributed by atoms with Crippen LogP contribution >= 0.6 is 11.6 Å². The number of aromatic nitrogens is 1. The molecule has 13 heavy (non-hydrogen) atoms. The third kappa shape index (κ3) is 2.28. The third-order valence-corrected chi connectivity index (χ3v) is 2.22. The Labute approximate surface area is 82.9 Å². The Balaban J connectivity index is 3.04. The van der Waals surface area contributed by atoms with E-state index in [1.54, 1.807) is 6.07 Å². The first-order chi connectivity index (χ1) is 6.02. The van der Waals surface area contributed by atoms with Crippen molar-refractivity contribution in [2.45, 2.75) is 20.8 Å². The van der Waals surface area contributed by atoms with E-state index in [0.29, 0.717) is 10.7 Å². The average molecular weight is 198 g/mol. The number of pyridine rings is 1. The van der Waals surface area contributed by atoms with E-state index < -0.39 is 0 Å². The molecule has 0 aliphatic heterocycles. The molecule has 1 rings (SSSR count). The molecule has 0 saturated carbocycles. The summed E-state index contributed by atoms with van der Waals surface area (Å²) in [5.74, 6) is 0.0350. The van der Waals surface area contributed by atoms with Crippen LogP contribution in [0.15, 0.2) is 12.3 Å². The molecule has 0 aliphatic carbocycles. The second kappa shape index (κ2) is 3.88. The van der Waals surface area contributed by atoms with Crippen molar-refractivity contribution in [1.82, 2.24) is 4.98 Å². The molecule has 0 radical (unpaired) electrons. The van der Waals surface area contributed by atoms with Gasteiger partial charge in [-0.25, -0.2) is 0 Å². The second-order valence-electron chi connectivity index (χ2n) is 3.34. The number of aryl methyl sites for hydroxylation is 1. The molecule has 0 aromatic carbocycles. The summed E-state index contributed by atoms with van der Waals surface area (Å²) in [4.78, 5) is 15.5. The Morgan fingerprint density at radius 2 is 2.15 bits per heavy atom. The number of carbonyl (C=O) groups is 1. The molecule has 0 fully saturated rings. The average Bonchev–Trinajstić information content (AvgIpc) is 2.08. The van der Waals surface area contributed by atoms with Crippen LogP contribution < -0.4 is 0 Å². The van der Waals surface area contributed by atoms with Gasteiger partial charge in [0.05, 0.1) is 5.02 Å². The van der Waals surface area contributed by atoms with Crippen LogP contribution in [0.1, 0.15) is 29.9 Å². The van der Waals surface area contributed by atoms with E-state index in [2.05, 4.69) is 4.98 Å². The SMILES string of the molecule is Cc1cc(C(=O)C(C)C)ncc1Cl. The maximum Gasteiger partial charge on any atom is 0.183 e. The Morgan fingerprint density at radius 3 is 2.62 bits per heavy atom. The van der Waals surface area contributed by atoms with Crippen molar-refractivity contribution in [1.29, 1.82) is 0 Å². The van der Waals surface area contributed by atoms with Crippen molar-refractivity contribution in [2.75, 3.05) is 0 Å². The molecule has 0 bridgehead atoms. The number of hydrogen-bond donors (Lipinski definition) is 0. The van der Waals surface area contributed by atoms with Gasteiger partial charge in [0.1, 0.15) is 5.69 Å². The smallest absolute Gasteiger partial charge is 0.183 e. The Kier molecular flexibility index (Phi) is 3.04. The minimum Gasteiger partial charge on any atom is -0.292 e. The summed E-state index contributed by atoms with van der Waals surface area (Å²) in [6, 6.07) is 1.73. The normalized spacial score (nSPS) is 10.5. The highest BCUT2D eigenvalue weighted by molar-refractivity contribution is 6.31. The molecule has 70 valence electrons. The molecule has 0 unspecified atom stereocenters. The van der Waals surface area contributed by atoms with Crippen molar-refractivity contribution >= 4 is 17.4 Å². The zero-order chi connectivity index (χ0) is 10.0. The molecule has 1 aromatic rings. The van der Waals surface area contributed by atoms with Gasteiger partial charge in [0.15, 0.2) is 5.78 Å². The molecule has 1 heterocycles. The Hall–Kier alpha value is -0.890. The van der Waals surface area contributed by atoms with E-state index in [4.69, 9.17) is 11.6 Å². The fourth-order valence-electron chi connectivity index (χ4n) is 0.970. The van der Waals surface area contributed by atoms with Crippen molar-refractivity contribution in [3.63, 3.8) is 0 Å². The molecule has 0 saturated heterocycles. The number of carbonyl (C=O) groups excluding carboxylic acids is 1. The van der Waals surface area contributed by atoms with Gasteiger partial charge in [-0.3, -0.25) is 9.78 Å². The van der Waals surface area contributed by atoms with E-state index in [9.17, 15) is 4.79 Å². The minimum absolute atomic E-state index is 0.0203. The summed E-state index contributed by atoms with van der Waals surface area (Å²) < 4.78 is 0. The molecule has 0 spiro atoms. The lowest BCUT2D eigenvalue weighted by Crippen LogP contribution is -2.09.